The zero-order valence-corrected chi connectivity index (χ0v) is 10.8. The second-order valence-corrected chi connectivity index (χ2v) is 4.79. The van der Waals surface area contributed by atoms with Gasteiger partial charge in [0.1, 0.15) is 0 Å². The third-order valence-corrected chi connectivity index (χ3v) is 3.50. The lowest BCUT2D eigenvalue weighted by molar-refractivity contribution is 0.0946. The minimum Gasteiger partial charge on any atom is -0.398 e. The molecule has 0 spiro atoms. The van der Waals surface area contributed by atoms with Crippen molar-refractivity contribution in [3.63, 3.8) is 0 Å². The van der Waals surface area contributed by atoms with Crippen molar-refractivity contribution in [2.24, 2.45) is 0 Å². The molecule has 3 N–H and O–H groups in total. The summed E-state index contributed by atoms with van der Waals surface area (Å²) in [6, 6.07) is 12.2. The highest BCUT2D eigenvalue weighted by Crippen LogP contribution is 2.20. The van der Waals surface area contributed by atoms with Crippen LogP contribution in [0.3, 0.4) is 0 Å². The normalized spacial score (nSPS) is 13.5. The molecule has 100 valence electrons. The predicted molar refractivity (Wildman–Crippen MR) is 76.8 cm³/mol. The fourth-order valence-corrected chi connectivity index (χ4v) is 2.41. The van der Waals surface area contributed by atoms with Gasteiger partial charge in [-0.3, -0.25) is 9.59 Å². The van der Waals surface area contributed by atoms with Crippen molar-refractivity contribution < 1.29 is 9.59 Å². The first kappa shape index (κ1) is 12.4. The third kappa shape index (κ3) is 2.05. The lowest BCUT2D eigenvalue weighted by atomic mass is 9.94. The van der Waals surface area contributed by atoms with Crippen molar-refractivity contribution in [1.82, 2.24) is 5.32 Å². The summed E-state index contributed by atoms with van der Waals surface area (Å²) in [6.45, 7) is 0.644. The quantitative estimate of drug-likeness (QED) is 0.643. The number of nitrogens with two attached hydrogens (primary N) is 1. The van der Waals surface area contributed by atoms with Gasteiger partial charge in [-0.1, -0.05) is 24.3 Å². The summed E-state index contributed by atoms with van der Waals surface area (Å²) in [5.74, 6) is -0.286. The van der Waals surface area contributed by atoms with E-state index in [0.29, 0.717) is 28.9 Å². The van der Waals surface area contributed by atoms with E-state index in [-0.39, 0.29) is 11.7 Å². The summed E-state index contributed by atoms with van der Waals surface area (Å²) in [5, 5.41) is 2.78. The molecule has 2 aromatic carbocycles. The second-order valence-electron chi connectivity index (χ2n) is 4.79. The van der Waals surface area contributed by atoms with Gasteiger partial charge in [0, 0.05) is 28.9 Å². The SMILES string of the molecule is Nc1ccccc1C(=O)c1ccc2c(c1)C(=O)NCC2. The van der Waals surface area contributed by atoms with Crippen LogP contribution in [0.2, 0.25) is 0 Å². The van der Waals surface area contributed by atoms with Crippen LogP contribution in [-0.4, -0.2) is 18.2 Å². The van der Waals surface area contributed by atoms with Gasteiger partial charge in [0.05, 0.1) is 0 Å². The molecule has 1 heterocycles. The molecule has 3 rings (SSSR count). The lowest BCUT2D eigenvalue weighted by Gasteiger charge is -2.17. The number of rotatable bonds is 2. The summed E-state index contributed by atoms with van der Waals surface area (Å²) in [5.41, 5.74) is 8.77. The fourth-order valence-electron chi connectivity index (χ4n) is 2.41. The monoisotopic (exact) mass is 266 g/mol. The number of ketones is 1. The summed E-state index contributed by atoms with van der Waals surface area (Å²) in [4.78, 5) is 24.3. The number of nitrogen functional groups attached to an aromatic ring is 1. The number of benzene rings is 2. The van der Waals surface area contributed by atoms with E-state index in [1.807, 2.05) is 6.07 Å². The number of amides is 1. The maximum Gasteiger partial charge on any atom is 0.251 e. The van der Waals surface area contributed by atoms with Crippen molar-refractivity contribution in [2.45, 2.75) is 6.42 Å². The number of carbonyl (C=O) groups is 2. The topological polar surface area (TPSA) is 72.2 Å². The van der Waals surface area contributed by atoms with Crippen molar-refractivity contribution in [3.8, 4) is 0 Å². The smallest absolute Gasteiger partial charge is 0.251 e. The first-order valence-corrected chi connectivity index (χ1v) is 6.47. The van der Waals surface area contributed by atoms with Gasteiger partial charge in [-0.15, -0.1) is 0 Å². The molecule has 0 aliphatic carbocycles. The molecule has 0 aromatic heterocycles. The molecule has 0 fully saturated rings. The third-order valence-electron chi connectivity index (χ3n) is 3.50. The highest BCUT2D eigenvalue weighted by atomic mass is 16.1. The van der Waals surface area contributed by atoms with Crippen molar-refractivity contribution in [1.29, 1.82) is 0 Å². The molecule has 1 amide bonds. The van der Waals surface area contributed by atoms with Crippen LogP contribution in [0, 0.1) is 0 Å². The Hall–Kier alpha value is -2.62. The van der Waals surface area contributed by atoms with Crippen molar-refractivity contribution in [3.05, 3.63) is 64.7 Å². The molecule has 0 saturated carbocycles. The van der Waals surface area contributed by atoms with Gasteiger partial charge < -0.3 is 11.1 Å². The summed E-state index contributed by atoms with van der Waals surface area (Å²) < 4.78 is 0. The van der Waals surface area contributed by atoms with Gasteiger partial charge in [0.25, 0.3) is 5.91 Å². The molecule has 0 atom stereocenters. The zero-order chi connectivity index (χ0) is 14.1. The highest BCUT2D eigenvalue weighted by molar-refractivity contribution is 6.13. The molecule has 4 nitrogen and oxygen atoms in total. The van der Waals surface area contributed by atoms with Gasteiger partial charge in [-0.25, -0.2) is 0 Å². The maximum atomic E-state index is 12.4. The molecule has 0 bridgehead atoms. The van der Waals surface area contributed by atoms with E-state index in [9.17, 15) is 9.59 Å². The molecule has 4 heteroatoms. The molecule has 20 heavy (non-hydrogen) atoms. The Balaban J connectivity index is 2.03. The lowest BCUT2D eigenvalue weighted by Crippen LogP contribution is -2.32. The summed E-state index contributed by atoms with van der Waals surface area (Å²) >= 11 is 0. The van der Waals surface area contributed by atoms with Crippen LogP contribution in [0.1, 0.15) is 31.8 Å². The molecule has 0 unspecified atom stereocenters. The molecule has 0 saturated heterocycles. The van der Waals surface area contributed by atoms with E-state index in [2.05, 4.69) is 5.32 Å². The van der Waals surface area contributed by atoms with Crippen LogP contribution in [0.25, 0.3) is 0 Å². The number of hydrogen-bond acceptors (Lipinski definition) is 3. The zero-order valence-electron chi connectivity index (χ0n) is 10.8. The molecular weight excluding hydrogens is 252 g/mol. The van der Waals surface area contributed by atoms with Crippen molar-refractivity contribution in [2.75, 3.05) is 12.3 Å². The van der Waals surface area contributed by atoms with Gasteiger partial charge in [0.2, 0.25) is 0 Å². The number of hydrogen-bond donors (Lipinski definition) is 2. The second kappa shape index (κ2) is 4.81. The molecule has 1 aliphatic rings. The average Bonchev–Trinajstić information content (AvgIpc) is 2.47. The van der Waals surface area contributed by atoms with E-state index in [4.69, 9.17) is 5.73 Å². The number of para-hydroxylation sites is 1. The van der Waals surface area contributed by atoms with Gasteiger partial charge in [0.15, 0.2) is 5.78 Å². The first-order chi connectivity index (χ1) is 9.66. The molecule has 0 radical (unpaired) electrons. The van der Waals surface area contributed by atoms with Gasteiger partial charge >= 0.3 is 0 Å². The maximum absolute atomic E-state index is 12.4. The Bertz CT molecular complexity index is 707. The Morgan fingerprint density at radius 3 is 2.75 bits per heavy atom. The number of fused-ring (bicyclic) bond motifs is 1. The Kier molecular flexibility index (Phi) is 2.99. The number of anilines is 1. The van der Waals surface area contributed by atoms with E-state index in [0.717, 1.165) is 12.0 Å². The van der Waals surface area contributed by atoms with Crippen LogP contribution in [0.5, 0.6) is 0 Å². The van der Waals surface area contributed by atoms with E-state index in [1.165, 1.54) is 0 Å². The highest BCUT2D eigenvalue weighted by Gasteiger charge is 2.19. The number of nitrogens with one attached hydrogen (secondary N) is 1. The minimum absolute atomic E-state index is 0.123. The predicted octanol–water partition coefficient (Wildman–Crippen LogP) is 1.79. The van der Waals surface area contributed by atoms with Crippen LogP contribution < -0.4 is 11.1 Å². The van der Waals surface area contributed by atoms with Crippen LogP contribution in [0.4, 0.5) is 5.69 Å². The fraction of sp³-hybridized carbons (Fsp3) is 0.125. The average molecular weight is 266 g/mol. The van der Waals surface area contributed by atoms with Gasteiger partial charge in [-0.2, -0.15) is 0 Å². The Morgan fingerprint density at radius 2 is 1.95 bits per heavy atom. The Labute approximate surface area is 116 Å². The summed E-state index contributed by atoms with van der Waals surface area (Å²) in [6.07, 6.45) is 0.795. The summed E-state index contributed by atoms with van der Waals surface area (Å²) in [7, 11) is 0. The van der Waals surface area contributed by atoms with Gasteiger partial charge in [-0.05, 0) is 30.2 Å². The Morgan fingerprint density at radius 1 is 1.15 bits per heavy atom. The van der Waals surface area contributed by atoms with E-state index < -0.39 is 0 Å². The molecule has 1 aliphatic heterocycles. The van der Waals surface area contributed by atoms with Crippen LogP contribution in [-0.2, 0) is 6.42 Å². The minimum atomic E-state index is -0.163. The molecular formula is C16H14N2O2. The van der Waals surface area contributed by atoms with E-state index >= 15 is 0 Å². The van der Waals surface area contributed by atoms with E-state index in [1.54, 1.807) is 36.4 Å². The molecule has 2 aromatic rings. The van der Waals surface area contributed by atoms with Crippen LogP contribution in [0.15, 0.2) is 42.5 Å². The first-order valence-electron chi connectivity index (χ1n) is 6.47. The standard InChI is InChI=1S/C16H14N2O2/c17-14-4-2-1-3-12(14)15(19)11-6-5-10-7-8-18-16(20)13(10)9-11/h1-6,9H,7-8,17H2,(H,18,20). The van der Waals surface area contributed by atoms with Crippen LogP contribution >= 0.6 is 0 Å². The largest absolute Gasteiger partial charge is 0.398 e. The number of carbonyl (C=O) groups excluding carboxylic acids is 2. The van der Waals surface area contributed by atoms with Crippen molar-refractivity contribution >= 4 is 17.4 Å².